The molecule has 0 unspecified atom stereocenters. The summed E-state index contributed by atoms with van der Waals surface area (Å²) in [5.74, 6) is 3.50. The van der Waals surface area contributed by atoms with E-state index in [9.17, 15) is 0 Å². The maximum Gasteiger partial charge on any atom is 0.173 e. The molecule has 0 saturated carbocycles. The molecule has 0 spiro atoms. The molecule has 1 aliphatic rings. The number of hydrogen-bond donors (Lipinski definition) is 0. The van der Waals surface area contributed by atoms with Crippen molar-refractivity contribution in [2.45, 2.75) is 18.4 Å². The molecule has 0 amide bonds. The van der Waals surface area contributed by atoms with Crippen molar-refractivity contribution >= 4 is 11.6 Å². The van der Waals surface area contributed by atoms with Gasteiger partial charge in [0.15, 0.2) is 5.60 Å². The smallest absolute Gasteiger partial charge is 0.173 e. The summed E-state index contributed by atoms with van der Waals surface area (Å²) in [6.07, 6.45) is 7.02. The zero-order chi connectivity index (χ0) is 11.4. The van der Waals surface area contributed by atoms with Crippen LogP contribution in [-0.4, -0.2) is 18.8 Å². The van der Waals surface area contributed by atoms with Crippen molar-refractivity contribution in [3.63, 3.8) is 0 Å². The molecule has 1 fully saturated rings. The average Bonchev–Trinajstić information content (AvgIpc) is 2.33. The fraction of sp³-hybridized carbons (Fsp3) is 0.385. The number of ether oxygens (including phenoxy) is 2. The Bertz CT molecular complexity index is 385. The third kappa shape index (κ3) is 2.49. The lowest BCUT2D eigenvalue weighted by molar-refractivity contribution is -0.0111. The van der Waals surface area contributed by atoms with Crippen molar-refractivity contribution in [3.05, 3.63) is 29.3 Å². The van der Waals surface area contributed by atoms with Crippen molar-refractivity contribution in [2.24, 2.45) is 0 Å². The molecule has 0 aliphatic carbocycles. The molecule has 84 valence electrons. The molecule has 16 heavy (non-hydrogen) atoms. The van der Waals surface area contributed by atoms with Crippen molar-refractivity contribution in [3.8, 4) is 18.1 Å². The zero-order valence-electron chi connectivity index (χ0n) is 8.91. The molecule has 1 aliphatic heterocycles. The summed E-state index contributed by atoms with van der Waals surface area (Å²) < 4.78 is 11.2. The highest BCUT2D eigenvalue weighted by atomic mass is 35.5. The first-order chi connectivity index (χ1) is 7.74. The number of rotatable bonds is 2. The summed E-state index contributed by atoms with van der Waals surface area (Å²) in [4.78, 5) is 0. The van der Waals surface area contributed by atoms with Gasteiger partial charge in [0, 0.05) is 17.9 Å². The maximum absolute atomic E-state index is 5.87. The number of hydrogen-bond acceptors (Lipinski definition) is 2. The Balaban J connectivity index is 2.12. The fourth-order valence-electron chi connectivity index (χ4n) is 1.71. The first kappa shape index (κ1) is 11.3. The molecule has 1 heterocycles. The Kier molecular flexibility index (Phi) is 3.38. The van der Waals surface area contributed by atoms with Gasteiger partial charge >= 0.3 is 0 Å². The van der Waals surface area contributed by atoms with Gasteiger partial charge in [-0.25, -0.2) is 0 Å². The largest absolute Gasteiger partial charge is 0.474 e. The molecule has 0 N–H and O–H groups in total. The van der Waals surface area contributed by atoms with E-state index in [-0.39, 0.29) is 0 Å². The molecule has 2 nitrogen and oxygen atoms in total. The van der Waals surface area contributed by atoms with Gasteiger partial charge in [0.25, 0.3) is 0 Å². The standard InChI is InChI=1S/C13H13ClO2/c1-2-13(7-9-15-10-8-13)16-12-5-3-11(14)4-6-12/h1,3-6H,7-10H2. The predicted octanol–water partition coefficient (Wildman–Crippen LogP) is 2.90. The summed E-state index contributed by atoms with van der Waals surface area (Å²) in [6.45, 7) is 1.30. The molecule has 0 bridgehead atoms. The minimum absolute atomic E-state index is 0.522. The number of terminal acetylenes is 1. The second kappa shape index (κ2) is 4.78. The molecular formula is C13H13ClO2. The van der Waals surface area contributed by atoms with Gasteiger partial charge in [-0.1, -0.05) is 17.5 Å². The van der Waals surface area contributed by atoms with Crippen molar-refractivity contribution in [1.82, 2.24) is 0 Å². The van der Waals surface area contributed by atoms with Crippen LogP contribution in [0.25, 0.3) is 0 Å². The topological polar surface area (TPSA) is 18.5 Å². The van der Waals surface area contributed by atoms with E-state index in [1.165, 1.54) is 0 Å². The molecule has 1 aromatic carbocycles. The molecule has 0 radical (unpaired) electrons. The predicted molar refractivity (Wildman–Crippen MR) is 63.7 cm³/mol. The van der Waals surface area contributed by atoms with E-state index in [1.807, 2.05) is 12.1 Å². The molecule has 3 heteroatoms. The maximum atomic E-state index is 5.87. The van der Waals surface area contributed by atoms with Gasteiger partial charge in [-0.2, -0.15) is 0 Å². The lowest BCUT2D eigenvalue weighted by atomic mass is 9.95. The Hall–Kier alpha value is -1.17. The zero-order valence-corrected chi connectivity index (χ0v) is 9.67. The van der Waals surface area contributed by atoms with Gasteiger partial charge < -0.3 is 9.47 Å². The van der Waals surface area contributed by atoms with Crippen LogP contribution in [0.1, 0.15) is 12.8 Å². The molecule has 1 saturated heterocycles. The van der Waals surface area contributed by atoms with Crippen molar-refractivity contribution in [2.75, 3.05) is 13.2 Å². The molecule has 0 aromatic heterocycles. The highest BCUT2D eigenvalue weighted by Gasteiger charge is 2.32. The fourth-order valence-corrected chi connectivity index (χ4v) is 1.83. The van der Waals surface area contributed by atoms with Gasteiger partial charge in [-0.15, -0.1) is 6.42 Å². The Morgan fingerprint density at radius 2 is 1.88 bits per heavy atom. The molecule has 1 aromatic rings. The minimum Gasteiger partial charge on any atom is -0.474 e. The van der Waals surface area contributed by atoms with E-state index < -0.39 is 5.60 Å². The Morgan fingerprint density at radius 3 is 2.44 bits per heavy atom. The van der Waals surface area contributed by atoms with Crippen LogP contribution in [-0.2, 0) is 4.74 Å². The van der Waals surface area contributed by atoms with Crippen LogP contribution in [0.15, 0.2) is 24.3 Å². The number of halogens is 1. The molecule has 2 rings (SSSR count). The van der Waals surface area contributed by atoms with Crippen molar-refractivity contribution < 1.29 is 9.47 Å². The van der Waals surface area contributed by atoms with Gasteiger partial charge in [-0.3, -0.25) is 0 Å². The second-order valence-electron chi connectivity index (χ2n) is 3.81. The van der Waals surface area contributed by atoms with Crippen molar-refractivity contribution in [1.29, 1.82) is 0 Å². The Labute approximate surface area is 101 Å². The lowest BCUT2D eigenvalue weighted by Crippen LogP contribution is -2.40. The average molecular weight is 237 g/mol. The lowest BCUT2D eigenvalue weighted by Gasteiger charge is -2.32. The van der Waals surface area contributed by atoms with Crippen LogP contribution in [0.2, 0.25) is 5.02 Å². The summed E-state index contributed by atoms with van der Waals surface area (Å²) >= 11 is 5.81. The summed E-state index contributed by atoms with van der Waals surface area (Å²) in [5, 5.41) is 0.689. The van der Waals surface area contributed by atoms with Crippen LogP contribution in [0.3, 0.4) is 0 Å². The second-order valence-corrected chi connectivity index (χ2v) is 4.24. The van der Waals surface area contributed by atoms with Crippen LogP contribution in [0, 0.1) is 12.3 Å². The third-order valence-corrected chi connectivity index (χ3v) is 2.94. The van der Waals surface area contributed by atoms with E-state index in [0.717, 1.165) is 18.6 Å². The SMILES string of the molecule is C#CC1(Oc2ccc(Cl)cc2)CCOCC1. The highest BCUT2D eigenvalue weighted by molar-refractivity contribution is 6.30. The van der Waals surface area contributed by atoms with Crippen LogP contribution in [0.5, 0.6) is 5.75 Å². The Morgan fingerprint density at radius 1 is 1.25 bits per heavy atom. The van der Waals surface area contributed by atoms with Gasteiger partial charge in [0.2, 0.25) is 0 Å². The van der Waals surface area contributed by atoms with E-state index in [0.29, 0.717) is 18.2 Å². The summed E-state index contributed by atoms with van der Waals surface area (Å²) in [5.41, 5.74) is -0.522. The normalized spacial score (nSPS) is 18.8. The van der Waals surface area contributed by atoms with Crippen LogP contribution < -0.4 is 4.74 Å². The van der Waals surface area contributed by atoms with E-state index in [2.05, 4.69) is 5.92 Å². The first-order valence-electron chi connectivity index (χ1n) is 5.24. The van der Waals surface area contributed by atoms with E-state index >= 15 is 0 Å². The minimum atomic E-state index is -0.522. The van der Waals surface area contributed by atoms with Crippen LogP contribution >= 0.6 is 11.6 Å². The van der Waals surface area contributed by atoms with E-state index in [4.69, 9.17) is 27.5 Å². The summed E-state index contributed by atoms with van der Waals surface area (Å²) in [7, 11) is 0. The molecular weight excluding hydrogens is 224 g/mol. The number of benzene rings is 1. The summed E-state index contributed by atoms with van der Waals surface area (Å²) in [6, 6.07) is 7.24. The van der Waals surface area contributed by atoms with Gasteiger partial charge in [0.05, 0.1) is 13.2 Å². The van der Waals surface area contributed by atoms with Gasteiger partial charge in [0.1, 0.15) is 5.75 Å². The monoisotopic (exact) mass is 236 g/mol. The molecule has 0 atom stereocenters. The van der Waals surface area contributed by atoms with Crippen LogP contribution in [0.4, 0.5) is 0 Å². The van der Waals surface area contributed by atoms with E-state index in [1.54, 1.807) is 12.1 Å². The van der Waals surface area contributed by atoms with Gasteiger partial charge in [-0.05, 0) is 24.3 Å². The quantitative estimate of drug-likeness (QED) is 0.736. The third-order valence-electron chi connectivity index (χ3n) is 2.69. The first-order valence-corrected chi connectivity index (χ1v) is 5.62. The highest BCUT2D eigenvalue weighted by Crippen LogP contribution is 2.28.